The van der Waals surface area contributed by atoms with Crippen LogP contribution in [-0.2, 0) is 28.8 Å². The molecule has 0 aliphatic carbocycles. The van der Waals surface area contributed by atoms with Crippen LogP contribution < -0.4 is 0 Å². The van der Waals surface area contributed by atoms with Crippen molar-refractivity contribution in [2.24, 2.45) is 5.41 Å². The van der Waals surface area contributed by atoms with E-state index in [2.05, 4.69) is 4.18 Å². The molecule has 2 atom stereocenters. The number of alkyl halides is 3. The number of aldehydes is 1. The lowest BCUT2D eigenvalue weighted by Gasteiger charge is -2.39. The number of carbonyl (C=O) groups is 2. The molecule has 0 unspecified atom stereocenters. The van der Waals surface area contributed by atoms with Gasteiger partial charge in [0.05, 0.1) is 0 Å². The fourth-order valence-electron chi connectivity index (χ4n) is 1.80. The summed E-state index contributed by atoms with van der Waals surface area (Å²) in [6.45, 7) is 0.559. The van der Waals surface area contributed by atoms with Gasteiger partial charge in [-0.1, -0.05) is 34.8 Å². The summed E-state index contributed by atoms with van der Waals surface area (Å²) in [4.78, 5) is 23.4. The average molecular weight is 383 g/mol. The van der Waals surface area contributed by atoms with Gasteiger partial charge in [-0.2, -0.15) is 12.7 Å². The number of hydrogen-bond donors (Lipinski definition) is 0. The first kappa shape index (κ1) is 18.9. The molecule has 1 saturated heterocycles. The van der Waals surface area contributed by atoms with Gasteiger partial charge in [0.2, 0.25) is 3.79 Å². The van der Waals surface area contributed by atoms with Crippen molar-refractivity contribution in [1.29, 1.82) is 0 Å². The number of methoxy groups -OCH3 is 1. The Morgan fingerprint density at radius 2 is 2.05 bits per heavy atom. The number of rotatable bonds is 5. The minimum absolute atomic E-state index is 0.147. The molecule has 0 N–H and O–H groups in total. The van der Waals surface area contributed by atoms with Gasteiger partial charge in [0.25, 0.3) is 5.91 Å². The molecule has 0 spiro atoms. The highest BCUT2D eigenvalue weighted by atomic mass is 35.6. The molecule has 1 amide bonds. The number of halogens is 3. The molecule has 1 aliphatic heterocycles. The highest BCUT2D eigenvalue weighted by molar-refractivity contribution is 7.85. The molecule has 122 valence electrons. The molecule has 1 heterocycles. The Kier molecular flexibility index (Phi) is 5.91. The van der Waals surface area contributed by atoms with Crippen LogP contribution >= 0.6 is 34.8 Å². The fourth-order valence-corrected chi connectivity index (χ4v) is 3.48. The quantitative estimate of drug-likeness (QED) is 0.406. The number of piperidine rings is 1. The molecule has 1 rings (SSSR count). The fraction of sp³-hybridized carbons (Fsp3) is 0.800. The predicted octanol–water partition coefficient (Wildman–Crippen LogP) is 1.42. The average Bonchev–Trinajstić information content (AvgIpc) is 2.38. The standard InChI is InChI=1S/C10H14Cl3NO6S/c1-9(5-15)4-3-7(19-2)14(8(9)16)21(17,18)20-6-10(11,12)13/h5,7H,3-4,6H2,1-2H3/t7-,9+/m1/s1. The molecule has 0 aromatic rings. The third-order valence-electron chi connectivity index (χ3n) is 3.01. The van der Waals surface area contributed by atoms with E-state index in [9.17, 15) is 18.0 Å². The largest absolute Gasteiger partial charge is 0.367 e. The molecule has 11 heteroatoms. The minimum Gasteiger partial charge on any atom is -0.360 e. The monoisotopic (exact) mass is 381 g/mol. The summed E-state index contributed by atoms with van der Waals surface area (Å²) in [5.74, 6) is -0.945. The lowest BCUT2D eigenvalue weighted by Crippen LogP contribution is -2.56. The first-order chi connectivity index (χ1) is 9.47. The molecule has 1 aliphatic rings. The van der Waals surface area contributed by atoms with E-state index in [1.54, 1.807) is 0 Å². The van der Waals surface area contributed by atoms with E-state index in [0.717, 1.165) is 0 Å². The van der Waals surface area contributed by atoms with Crippen molar-refractivity contribution >= 4 is 57.3 Å². The third-order valence-corrected chi connectivity index (χ3v) is 4.63. The summed E-state index contributed by atoms with van der Waals surface area (Å²) >= 11 is 16.3. The number of ether oxygens (including phenoxy) is 1. The minimum atomic E-state index is -4.56. The maximum absolute atomic E-state index is 12.3. The molecule has 21 heavy (non-hydrogen) atoms. The van der Waals surface area contributed by atoms with E-state index >= 15 is 0 Å². The van der Waals surface area contributed by atoms with Gasteiger partial charge >= 0.3 is 10.3 Å². The molecular formula is C10H14Cl3NO6S. The summed E-state index contributed by atoms with van der Waals surface area (Å²) in [6.07, 6.45) is -0.373. The predicted molar refractivity (Wildman–Crippen MR) is 76.2 cm³/mol. The third kappa shape index (κ3) is 4.43. The molecule has 0 radical (unpaired) electrons. The van der Waals surface area contributed by atoms with E-state index in [0.29, 0.717) is 10.6 Å². The Labute approximate surface area is 137 Å². The second-order valence-electron chi connectivity index (χ2n) is 4.70. The van der Waals surface area contributed by atoms with Gasteiger partial charge in [-0.05, 0) is 19.8 Å². The number of carbonyl (C=O) groups excluding carboxylic acids is 2. The van der Waals surface area contributed by atoms with Gasteiger partial charge in [0, 0.05) is 7.11 Å². The Morgan fingerprint density at radius 3 is 2.48 bits per heavy atom. The van der Waals surface area contributed by atoms with Crippen molar-refractivity contribution in [3.05, 3.63) is 0 Å². The SMILES string of the molecule is CO[C@@H]1CC[C@@](C)(C=O)C(=O)N1S(=O)(=O)OCC(Cl)(Cl)Cl. The van der Waals surface area contributed by atoms with E-state index in [-0.39, 0.29) is 12.8 Å². The summed E-state index contributed by atoms with van der Waals surface area (Å²) in [7, 11) is -3.33. The Hall–Kier alpha value is -0.120. The lowest BCUT2D eigenvalue weighted by atomic mass is 9.83. The normalized spacial score (nSPS) is 27.8. The number of amides is 1. The van der Waals surface area contributed by atoms with Crippen LogP contribution in [0.25, 0.3) is 0 Å². The van der Waals surface area contributed by atoms with Crippen LogP contribution in [0, 0.1) is 5.41 Å². The van der Waals surface area contributed by atoms with Gasteiger partial charge in [-0.3, -0.25) is 4.79 Å². The second kappa shape index (κ2) is 6.55. The van der Waals surface area contributed by atoms with Crippen LogP contribution in [0.5, 0.6) is 0 Å². The van der Waals surface area contributed by atoms with Crippen molar-refractivity contribution in [2.45, 2.75) is 29.8 Å². The zero-order valence-corrected chi connectivity index (χ0v) is 14.3. The molecule has 0 aromatic heterocycles. The van der Waals surface area contributed by atoms with Crippen LogP contribution in [0.1, 0.15) is 19.8 Å². The molecule has 7 nitrogen and oxygen atoms in total. The highest BCUT2D eigenvalue weighted by Gasteiger charge is 2.50. The maximum atomic E-state index is 12.3. The second-order valence-corrected chi connectivity index (χ2v) is 8.70. The van der Waals surface area contributed by atoms with Crippen molar-refractivity contribution in [2.75, 3.05) is 13.7 Å². The molecule has 0 bridgehead atoms. The van der Waals surface area contributed by atoms with Gasteiger partial charge in [0.1, 0.15) is 24.5 Å². The molecular weight excluding hydrogens is 369 g/mol. The zero-order valence-electron chi connectivity index (χ0n) is 11.2. The van der Waals surface area contributed by atoms with Crippen molar-refractivity contribution < 1.29 is 26.9 Å². The summed E-state index contributed by atoms with van der Waals surface area (Å²) in [6, 6.07) is 0. The van der Waals surface area contributed by atoms with Gasteiger partial charge < -0.3 is 9.53 Å². The van der Waals surface area contributed by atoms with Crippen LogP contribution in [0.2, 0.25) is 0 Å². The number of nitrogens with zero attached hydrogens (tertiary/aromatic N) is 1. The first-order valence-corrected chi connectivity index (χ1v) is 8.26. The number of hydrogen-bond acceptors (Lipinski definition) is 6. The summed E-state index contributed by atoms with van der Waals surface area (Å²) < 4.78 is 32.2. The molecule has 1 fully saturated rings. The molecule has 0 saturated carbocycles. The summed E-state index contributed by atoms with van der Waals surface area (Å²) in [5, 5.41) is 0. The Morgan fingerprint density at radius 1 is 1.48 bits per heavy atom. The van der Waals surface area contributed by atoms with Crippen molar-refractivity contribution in [3.8, 4) is 0 Å². The van der Waals surface area contributed by atoms with Crippen LogP contribution in [0.3, 0.4) is 0 Å². The first-order valence-electron chi connectivity index (χ1n) is 5.76. The van der Waals surface area contributed by atoms with Gasteiger partial charge in [-0.15, -0.1) is 0 Å². The Bertz CT molecular complexity index is 519. The Balaban J connectivity index is 3.09. The van der Waals surface area contributed by atoms with E-state index in [1.807, 2.05) is 0 Å². The van der Waals surface area contributed by atoms with Gasteiger partial charge in [0.15, 0.2) is 0 Å². The molecule has 0 aromatic carbocycles. The summed E-state index contributed by atoms with van der Waals surface area (Å²) in [5.41, 5.74) is -1.47. The smallest absolute Gasteiger partial charge is 0.360 e. The van der Waals surface area contributed by atoms with E-state index < -0.39 is 38.3 Å². The van der Waals surface area contributed by atoms with Crippen LogP contribution in [0.4, 0.5) is 0 Å². The van der Waals surface area contributed by atoms with Crippen molar-refractivity contribution in [3.63, 3.8) is 0 Å². The maximum Gasteiger partial charge on any atom is 0.367 e. The van der Waals surface area contributed by atoms with Gasteiger partial charge in [-0.25, -0.2) is 4.18 Å². The highest BCUT2D eigenvalue weighted by Crippen LogP contribution is 2.35. The van der Waals surface area contributed by atoms with Crippen LogP contribution in [0.15, 0.2) is 0 Å². The zero-order chi connectivity index (χ0) is 16.5. The van der Waals surface area contributed by atoms with E-state index in [1.165, 1.54) is 14.0 Å². The van der Waals surface area contributed by atoms with Crippen LogP contribution in [-0.4, -0.2) is 48.7 Å². The topological polar surface area (TPSA) is 90.0 Å². The lowest BCUT2D eigenvalue weighted by molar-refractivity contribution is -0.155. The van der Waals surface area contributed by atoms with Crippen molar-refractivity contribution in [1.82, 2.24) is 4.31 Å². The van der Waals surface area contributed by atoms with E-state index in [4.69, 9.17) is 39.5 Å².